The number of amides is 2. The van der Waals surface area contributed by atoms with Crippen molar-refractivity contribution in [2.75, 3.05) is 13.2 Å². The maximum atomic E-state index is 11.4. The fraction of sp³-hybridized carbons (Fsp3) is 0.688. The van der Waals surface area contributed by atoms with Crippen LogP contribution in [0.1, 0.15) is 46.5 Å². The highest BCUT2D eigenvalue weighted by Crippen LogP contribution is 2.30. The molecule has 0 aliphatic heterocycles. The summed E-state index contributed by atoms with van der Waals surface area (Å²) in [6.07, 6.45) is 0.730. The van der Waals surface area contributed by atoms with Gasteiger partial charge < -0.3 is 25.7 Å². The summed E-state index contributed by atoms with van der Waals surface area (Å²) >= 11 is 0. The van der Waals surface area contributed by atoms with Crippen molar-refractivity contribution in [1.29, 1.82) is 0 Å². The van der Waals surface area contributed by atoms with Crippen LogP contribution in [-0.2, 0) is 19.0 Å². The molecule has 24 heavy (non-hydrogen) atoms. The summed E-state index contributed by atoms with van der Waals surface area (Å²) in [4.78, 5) is 33.1. The van der Waals surface area contributed by atoms with Gasteiger partial charge in [0.1, 0.15) is 5.60 Å². The molecule has 0 fully saturated rings. The minimum atomic E-state index is -0.882. The Kier molecular flexibility index (Phi) is 9.53. The van der Waals surface area contributed by atoms with Crippen LogP contribution in [0.2, 0.25) is 0 Å². The average molecular weight is 344 g/mol. The van der Waals surface area contributed by atoms with Crippen LogP contribution in [0.25, 0.3) is 0 Å². The second-order valence-corrected chi connectivity index (χ2v) is 5.96. The molecule has 0 heterocycles. The standard InChI is InChI=1S/C16H28N2O6/c1-11(2)13(19)22-10-8-16(4,24-15(18)21)12(3)7-5-6-9-23-14(17)20/h12H,1,5-10H2,2-4H3,(H2,17,20)(H2,18,21). The average Bonchev–Trinajstić information content (AvgIpc) is 2.45. The van der Waals surface area contributed by atoms with E-state index in [0.717, 1.165) is 6.42 Å². The maximum Gasteiger partial charge on any atom is 0.405 e. The molecule has 0 aliphatic rings. The van der Waals surface area contributed by atoms with Crippen LogP contribution >= 0.6 is 0 Å². The summed E-state index contributed by atoms with van der Waals surface area (Å²) in [5.41, 5.74) is 9.46. The van der Waals surface area contributed by atoms with Crippen LogP contribution in [-0.4, -0.2) is 37.0 Å². The summed E-state index contributed by atoms with van der Waals surface area (Å²) in [6.45, 7) is 9.04. The number of rotatable bonds is 11. The number of unbranched alkanes of at least 4 members (excludes halogenated alkanes) is 1. The predicted molar refractivity (Wildman–Crippen MR) is 88.0 cm³/mol. The van der Waals surface area contributed by atoms with E-state index in [1.54, 1.807) is 13.8 Å². The molecule has 8 heteroatoms. The van der Waals surface area contributed by atoms with E-state index >= 15 is 0 Å². The number of hydrogen-bond donors (Lipinski definition) is 2. The SMILES string of the molecule is C=C(C)C(=O)OCCC(C)(OC(N)=O)C(C)CCCCOC(N)=O. The lowest BCUT2D eigenvalue weighted by Gasteiger charge is -2.34. The molecular formula is C16H28N2O6. The monoisotopic (exact) mass is 344 g/mol. The second-order valence-electron chi connectivity index (χ2n) is 5.96. The molecule has 0 aromatic rings. The zero-order valence-electron chi connectivity index (χ0n) is 14.6. The highest BCUT2D eigenvalue weighted by atomic mass is 16.6. The Bertz CT molecular complexity index is 465. The van der Waals surface area contributed by atoms with E-state index in [1.807, 2.05) is 6.92 Å². The molecule has 0 rings (SSSR count). The van der Waals surface area contributed by atoms with Crippen molar-refractivity contribution in [2.24, 2.45) is 17.4 Å². The predicted octanol–water partition coefficient (Wildman–Crippen LogP) is 2.25. The van der Waals surface area contributed by atoms with Gasteiger partial charge in [-0.15, -0.1) is 0 Å². The quantitative estimate of drug-likeness (QED) is 0.256. The Labute approximate surface area is 142 Å². The molecule has 138 valence electrons. The minimum absolute atomic E-state index is 0.0397. The third-order valence-corrected chi connectivity index (χ3v) is 3.83. The fourth-order valence-electron chi connectivity index (χ4n) is 2.13. The first kappa shape index (κ1) is 21.8. The van der Waals surface area contributed by atoms with Crippen LogP contribution in [0, 0.1) is 5.92 Å². The van der Waals surface area contributed by atoms with Gasteiger partial charge in [0.15, 0.2) is 0 Å². The third-order valence-electron chi connectivity index (χ3n) is 3.83. The fourth-order valence-corrected chi connectivity index (χ4v) is 2.13. The van der Waals surface area contributed by atoms with Crippen molar-refractivity contribution in [1.82, 2.24) is 0 Å². The van der Waals surface area contributed by atoms with Crippen molar-refractivity contribution in [3.8, 4) is 0 Å². The Balaban J connectivity index is 4.48. The number of carbonyl (C=O) groups excluding carboxylic acids is 3. The first-order chi connectivity index (χ1) is 11.1. The van der Waals surface area contributed by atoms with Crippen molar-refractivity contribution < 1.29 is 28.6 Å². The molecule has 2 atom stereocenters. The molecule has 0 saturated carbocycles. The number of esters is 1. The van der Waals surface area contributed by atoms with E-state index in [2.05, 4.69) is 11.3 Å². The van der Waals surface area contributed by atoms with Gasteiger partial charge in [-0.05, 0) is 39.0 Å². The third kappa shape index (κ3) is 9.02. The highest BCUT2D eigenvalue weighted by Gasteiger charge is 2.34. The maximum absolute atomic E-state index is 11.4. The van der Waals surface area contributed by atoms with E-state index in [0.29, 0.717) is 24.8 Å². The first-order valence-electron chi connectivity index (χ1n) is 7.81. The summed E-state index contributed by atoms with van der Waals surface area (Å²) in [5.74, 6) is -0.533. The van der Waals surface area contributed by atoms with Gasteiger partial charge in [0, 0.05) is 12.0 Å². The van der Waals surface area contributed by atoms with Crippen molar-refractivity contribution in [3.63, 3.8) is 0 Å². The number of ether oxygens (including phenoxy) is 3. The summed E-state index contributed by atoms with van der Waals surface area (Å²) in [7, 11) is 0. The van der Waals surface area contributed by atoms with Gasteiger partial charge in [-0.25, -0.2) is 14.4 Å². The molecule has 0 aromatic heterocycles. The molecule has 0 spiro atoms. The Hall–Kier alpha value is -2.25. The number of hydrogen-bond acceptors (Lipinski definition) is 6. The largest absolute Gasteiger partial charge is 0.462 e. The van der Waals surface area contributed by atoms with Crippen LogP contribution in [0.4, 0.5) is 9.59 Å². The van der Waals surface area contributed by atoms with Crippen molar-refractivity contribution in [3.05, 3.63) is 12.2 Å². The van der Waals surface area contributed by atoms with E-state index < -0.39 is 23.8 Å². The molecule has 0 radical (unpaired) electrons. The Morgan fingerprint density at radius 3 is 2.21 bits per heavy atom. The van der Waals surface area contributed by atoms with E-state index in [9.17, 15) is 14.4 Å². The molecule has 0 aliphatic carbocycles. The number of carbonyl (C=O) groups is 3. The topological polar surface area (TPSA) is 131 Å². The van der Waals surface area contributed by atoms with Gasteiger partial charge in [0.05, 0.1) is 13.2 Å². The van der Waals surface area contributed by atoms with Crippen LogP contribution in [0.5, 0.6) is 0 Å². The van der Waals surface area contributed by atoms with Crippen LogP contribution < -0.4 is 11.5 Å². The van der Waals surface area contributed by atoms with Gasteiger partial charge in [0.2, 0.25) is 0 Å². The Morgan fingerprint density at radius 2 is 1.71 bits per heavy atom. The van der Waals surface area contributed by atoms with Gasteiger partial charge in [0.25, 0.3) is 0 Å². The molecule has 4 N–H and O–H groups in total. The minimum Gasteiger partial charge on any atom is -0.462 e. The smallest absolute Gasteiger partial charge is 0.405 e. The lowest BCUT2D eigenvalue weighted by Crippen LogP contribution is -2.41. The molecule has 0 bridgehead atoms. The van der Waals surface area contributed by atoms with E-state index in [-0.39, 0.29) is 19.1 Å². The summed E-state index contributed by atoms with van der Waals surface area (Å²) < 4.78 is 15.0. The van der Waals surface area contributed by atoms with Gasteiger partial charge in [-0.2, -0.15) is 0 Å². The molecule has 0 aromatic carbocycles. The van der Waals surface area contributed by atoms with Crippen molar-refractivity contribution in [2.45, 2.75) is 52.1 Å². The zero-order chi connectivity index (χ0) is 18.8. The Morgan fingerprint density at radius 1 is 1.08 bits per heavy atom. The number of primary amides is 2. The van der Waals surface area contributed by atoms with E-state index in [1.165, 1.54) is 0 Å². The second kappa shape index (κ2) is 10.5. The first-order valence-corrected chi connectivity index (χ1v) is 7.81. The molecule has 8 nitrogen and oxygen atoms in total. The normalized spacial score (nSPS) is 14.1. The highest BCUT2D eigenvalue weighted by molar-refractivity contribution is 5.86. The lowest BCUT2D eigenvalue weighted by atomic mass is 9.84. The zero-order valence-corrected chi connectivity index (χ0v) is 14.6. The van der Waals surface area contributed by atoms with Crippen LogP contribution in [0.3, 0.4) is 0 Å². The van der Waals surface area contributed by atoms with E-state index in [4.69, 9.17) is 20.9 Å². The lowest BCUT2D eigenvalue weighted by molar-refractivity contribution is -0.140. The molecule has 0 saturated heterocycles. The van der Waals surface area contributed by atoms with Gasteiger partial charge >= 0.3 is 18.2 Å². The summed E-state index contributed by atoms with van der Waals surface area (Å²) in [5, 5.41) is 0. The summed E-state index contributed by atoms with van der Waals surface area (Å²) in [6, 6.07) is 0. The van der Waals surface area contributed by atoms with Crippen LogP contribution in [0.15, 0.2) is 12.2 Å². The molecule has 2 amide bonds. The molecular weight excluding hydrogens is 316 g/mol. The number of nitrogens with two attached hydrogens (primary N) is 2. The molecule has 2 unspecified atom stereocenters. The van der Waals surface area contributed by atoms with Gasteiger partial charge in [-0.1, -0.05) is 13.5 Å². The van der Waals surface area contributed by atoms with Gasteiger partial charge in [-0.3, -0.25) is 0 Å². The van der Waals surface area contributed by atoms with Crippen molar-refractivity contribution >= 4 is 18.2 Å².